The molecule has 3 rings (SSSR count). The molecule has 1 aromatic heterocycles. The van der Waals surface area contributed by atoms with E-state index >= 15 is 0 Å². The molecule has 0 unspecified atom stereocenters. The molecule has 0 aliphatic heterocycles. The fourth-order valence-electron chi connectivity index (χ4n) is 3.01. The summed E-state index contributed by atoms with van der Waals surface area (Å²) in [6.07, 6.45) is 10.9. The molecule has 0 spiro atoms. The summed E-state index contributed by atoms with van der Waals surface area (Å²) in [6.45, 7) is 2.11. The Morgan fingerprint density at radius 3 is 2.52 bits per heavy atom. The Kier molecular flexibility index (Phi) is 4.96. The maximum atomic E-state index is 6.16. The van der Waals surface area contributed by atoms with Crippen LogP contribution < -0.4 is 9.47 Å². The van der Waals surface area contributed by atoms with Gasteiger partial charge in [-0.25, -0.2) is 0 Å². The van der Waals surface area contributed by atoms with Gasteiger partial charge in [-0.15, -0.1) is 0 Å². The first kappa shape index (κ1) is 15.6. The molecule has 0 amide bonds. The van der Waals surface area contributed by atoms with Crippen molar-refractivity contribution in [3.63, 3.8) is 0 Å². The fraction of sp³-hybridized carbons (Fsp3) is 0.350. The second-order valence-electron chi connectivity index (χ2n) is 6.00. The van der Waals surface area contributed by atoms with Crippen LogP contribution in [0.5, 0.6) is 11.5 Å². The van der Waals surface area contributed by atoms with Crippen molar-refractivity contribution in [3.05, 3.63) is 53.9 Å². The van der Waals surface area contributed by atoms with E-state index in [1.165, 1.54) is 24.0 Å². The van der Waals surface area contributed by atoms with Crippen LogP contribution in [0.1, 0.15) is 43.7 Å². The summed E-state index contributed by atoms with van der Waals surface area (Å²) >= 11 is 0. The zero-order valence-electron chi connectivity index (χ0n) is 13.8. The van der Waals surface area contributed by atoms with Gasteiger partial charge in [-0.3, -0.25) is 4.98 Å². The van der Waals surface area contributed by atoms with Crippen LogP contribution in [-0.2, 0) is 0 Å². The summed E-state index contributed by atoms with van der Waals surface area (Å²) in [5.74, 6) is 1.64. The highest BCUT2D eigenvalue weighted by molar-refractivity contribution is 5.80. The minimum atomic E-state index is 0.324. The third-order valence-corrected chi connectivity index (χ3v) is 4.30. The largest absolute Gasteiger partial charge is 0.493 e. The van der Waals surface area contributed by atoms with Gasteiger partial charge in [0.1, 0.15) is 0 Å². The summed E-state index contributed by atoms with van der Waals surface area (Å²) in [5, 5.41) is 0. The van der Waals surface area contributed by atoms with Crippen molar-refractivity contribution in [2.45, 2.75) is 38.7 Å². The molecule has 1 heterocycles. The van der Waals surface area contributed by atoms with E-state index in [1.54, 1.807) is 7.11 Å². The summed E-state index contributed by atoms with van der Waals surface area (Å²) < 4.78 is 11.6. The van der Waals surface area contributed by atoms with Crippen molar-refractivity contribution < 1.29 is 9.47 Å². The van der Waals surface area contributed by atoms with Gasteiger partial charge < -0.3 is 9.47 Å². The van der Waals surface area contributed by atoms with Crippen molar-refractivity contribution in [3.8, 4) is 11.5 Å². The number of rotatable bonds is 5. The highest BCUT2D eigenvalue weighted by Crippen LogP contribution is 2.33. The SMILES string of the molecule is COc1ccc(/C=C(/C)c2ccncc2)cc1OC1CCCC1. The van der Waals surface area contributed by atoms with Gasteiger partial charge in [0.05, 0.1) is 13.2 Å². The first-order valence-corrected chi connectivity index (χ1v) is 8.19. The van der Waals surface area contributed by atoms with E-state index in [2.05, 4.69) is 30.1 Å². The summed E-state index contributed by atoms with van der Waals surface area (Å²) in [6, 6.07) is 10.2. The molecular weight excluding hydrogens is 286 g/mol. The number of methoxy groups -OCH3 is 1. The van der Waals surface area contributed by atoms with Gasteiger partial charge in [0, 0.05) is 12.4 Å². The highest BCUT2D eigenvalue weighted by Gasteiger charge is 2.18. The molecule has 0 radical (unpaired) electrons. The first-order valence-electron chi connectivity index (χ1n) is 8.19. The average Bonchev–Trinajstić information content (AvgIpc) is 3.09. The van der Waals surface area contributed by atoms with Crippen LogP contribution in [0.2, 0.25) is 0 Å². The van der Waals surface area contributed by atoms with Gasteiger partial charge in [0.15, 0.2) is 11.5 Å². The molecule has 1 saturated carbocycles. The number of allylic oxidation sites excluding steroid dienone is 1. The zero-order valence-corrected chi connectivity index (χ0v) is 13.8. The molecule has 3 heteroatoms. The molecule has 0 saturated heterocycles. The zero-order chi connectivity index (χ0) is 16.1. The predicted octanol–water partition coefficient (Wildman–Crippen LogP) is 4.97. The molecule has 120 valence electrons. The van der Waals surface area contributed by atoms with Crippen molar-refractivity contribution in [1.29, 1.82) is 0 Å². The monoisotopic (exact) mass is 309 g/mol. The van der Waals surface area contributed by atoms with Gasteiger partial charge in [0.2, 0.25) is 0 Å². The Morgan fingerprint density at radius 1 is 1.09 bits per heavy atom. The lowest BCUT2D eigenvalue weighted by atomic mass is 10.1. The Balaban J connectivity index is 1.85. The van der Waals surface area contributed by atoms with E-state index in [0.29, 0.717) is 6.10 Å². The number of ether oxygens (including phenoxy) is 2. The molecule has 0 bridgehead atoms. The van der Waals surface area contributed by atoms with E-state index < -0.39 is 0 Å². The average molecular weight is 309 g/mol. The lowest BCUT2D eigenvalue weighted by molar-refractivity contribution is 0.201. The lowest BCUT2D eigenvalue weighted by Crippen LogP contribution is -2.11. The number of hydrogen-bond acceptors (Lipinski definition) is 3. The van der Waals surface area contributed by atoms with Crippen LogP contribution >= 0.6 is 0 Å². The van der Waals surface area contributed by atoms with Crippen molar-refractivity contribution in [1.82, 2.24) is 4.98 Å². The molecule has 0 N–H and O–H groups in total. The predicted molar refractivity (Wildman–Crippen MR) is 93.7 cm³/mol. The van der Waals surface area contributed by atoms with Crippen molar-refractivity contribution >= 4 is 11.6 Å². The van der Waals surface area contributed by atoms with Gasteiger partial charge >= 0.3 is 0 Å². The molecule has 3 nitrogen and oxygen atoms in total. The van der Waals surface area contributed by atoms with Gasteiger partial charge in [-0.05, 0) is 73.6 Å². The molecule has 1 fully saturated rings. The second kappa shape index (κ2) is 7.32. The van der Waals surface area contributed by atoms with Gasteiger partial charge in [-0.2, -0.15) is 0 Å². The third kappa shape index (κ3) is 3.92. The molecule has 1 aliphatic carbocycles. The van der Waals surface area contributed by atoms with E-state index in [1.807, 2.05) is 30.6 Å². The normalized spacial score (nSPS) is 15.7. The summed E-state index contributed by atoms with van der Waals surface area (Å²) in [5.41, 5.74) is 3.49. The van der Waals surface area contributed by atoms with Crippen LogP contribution in [0, 0.1) is 0 Å². The number of nitrogens with zero attached hydrogens (tertiary/aromatic N) is 1. The molecule has 23 heavy (non-hydrogen) atoms. The van der Waals surface area contributed by atoms with Crippen molar-refractivity contribution in [2.24, 2.45) is 0 Å². The maximum Gasteiger partial charge on any atom is 0.162 e. The first-order chi connectivity index (χ1) is 11.3. The quantitative estimate of drug-likeness (QED) is 0.781. The second-order valence-corrected chi connectivity index (χ2v) is 6.00. The standard InChI is InChI=1S/C20H23NO2/c1-15(17-9-11-21-12-10-17)13-16-7-8-19(22-2)20(14-16)23-18-5-3-4-6-18/h7-14,18H,3-6H2,1-2H3/b15-13-. The van der Waals surface area contributed by atoms with E-state index in [4.69, 9.17) is 9.47 Å². The highest BCUT2D eigenvalue weighted by atomic mass is 16.5. The topological polar surface area (TPSA) is 31.4 Å². The molecular formula is C20H23NO2. The summed E-state index contributed by atoms with van der Waals surface area (Å²) in [7, 11) is 1.69. The van der Waals surface area contributed by atoms with Crippen LogP contribution in [0.4, 0.5) is 0 Å². The number of hydrogen-bond donors (Lipinski definition) is 0. The van der Waals surface area contributed by atoms with Crippen LogP contribution in [0.3, 0.4) is 0 Å². The van der Waals surface area contributed by atoms with E-state index in [-0.39, 0.29) is 0 Å². The Labute approximate surface area is 138 Å². The lowest BCUT2D eigenvalue weighted by Gasteiger charge is -2.16. The molecule has 1 aliphatic rings. The smallest absolute Gasteiger partial charge is 0.162 e. The van der Waals surface area contributed by atoms with Crippen molar-refractivity contribution in [2.75, 3.05) is 7.11 Å². The number of benzene rings is 1. The minimum Gasteiger partial charge on any atom is -0.493 e. The fourth-order valence-corrected chi connectivity index (χ4v) is 3.01. The maximum absolute atomic E-state index is 6.16. The van der Waals surface area contributed by atoms with E-state index in [9.17, 15) is 0 Å². The Morgan fingerprint density at radius 2 is 1.83 bits per heavy atom. The Bertz CT molecular complexity index is 673. The van der Waals surface area contributed by atoms with Crippen LogP contribution in [0.15, 0.2) is 42.7 Å². The summed E-state index contributed by atoms with van der Waals surface area (Å²) in [4.78, 5) is 4.07. The molecule has 1 aromatic carbocycles. The third-order valence-electron chi connectivity index (χ3n) is 4.30. The van der Waals surface area contributed by atoms with E-state index in [0.717, 1.165) is 29.9 Å². The molecule has 2 aromatic rings. The number of aromatic nitrogens is 1. The van der Waals surface area contributed by atoms with Crippen LogP contribution in [0.25, 0.3) is 11.6 Å². The Hall–Kier alpha value is -2.29. The van der Waals surface area contributed by atoms with Gasteiger partial charge in [-0.1, -0.05) is 12.1 Å². The number of pyridine rings is 1. The molecule has 0 atom stereocenters. The minimum absolute atomic E-state index is 0.324. The van der Waals surface area contributed by atoms with Gasteiger partial charge in [0.25, 0.3) is 0 Å². The van der Waals surface area contributed by atoms with Crippen LogP contribution in [-0.4, -0.2) is 18.2 Å².